The van der Waals surface area contributed by atoms with Gasteiger partial charge in [0.05, 0.1) is 26.4 Å². The molecule has 0 aliphatic heterocycles. The third-order valence-electron chi connectivity index (χ3n) is 16.0. The molecule has 0 aliphatic carbocycles. The molecular formula is C67H130O17P2. The number of carbonyl (C=O) groups is 4. The van der Waals surface area contributed by atoms with Gasteiger partial charge in [0.15, 0.2) is 12.2 Å². The van der Waals surface area contributed by atoms with Crippen molar-refractivity contribution < 1.29 is 80.2 Å². The lowest BCUT2D eigenvalue weighted by Crippen LogP contribution is -2.30. The Labute approximate surface area is 524 Å². The van der Waals surface area contributed by atoms with E-state index in [2.05, 4.69) is 55.4 Å². The van der Waals surface area contributed by atoms with Crippen LogP contribution in [0.15, 0.2) is 0 Å². The Morgan fingerprint density at radius 3 is 0.826 bits per heavy atom. The van der Waals surface area contributed by atoms with Gasteiger partial charge in [-0.15, -0.1) is 0 Å². The first-order chi connectivity index (χ1) is 41.2. The number of rotatable bonds is 64. The summed E-state index contributed by atoms with van der Waals surface area (Å²) < 4.78 is 68.1. The largest absolute Gasteiger partial charge is 0.472 e. The van der Waals surface area contributed by atoms with Gasteiger partial charge in [-0.3, -0.25) is 37.3 Å². The molecule has 0 fully saturated rings. The number of phosphoric ester groups is 2. The van der Waals surface area contributed by atoms with Crippen molar-refractivity contribution in [2.75, 3.05) is 39.6 Å². The van der Waals surface area contributed by atoms with Crippen LogP contribution in [0.2, 0.25) is 0 Å². The summed E-state index contributed by atoms with van der Waals surface area (Å²) in [6, 6.07) is 0. The third kappa shape index (κ3) is 58.4. The molecule has 0 heterocycles. The molecule has 0 spiro atoms. The summed E-state index contributed by atoms with van der Waals surface area (Å²) in [6.07, 6.45) is 37.7. The summed E-state index contributed by atoms with van der Waals surface area (Å²) in [5.41, 5.74) is 0. The molecule has 0 saturated heterocycles. The Morgan fingerprint density at radius 1 is 0.326 bits per heavy atom. The number of hydrogen-bond donors (Lipinski definition) is 3. The molecule has 0 aromatic rings. The van der Waals surface area contributed by atoms with E-state index in [1.54, 1.807) is 0 Å². The van der Waals surface area contributed by atoms with E-state index in [1.807, 2.05) is 0 Å². The molecule has 0 amide bonds. The average Bonchev–Trinajstić information content (AvgIpc) is 3.68. The van der Waals surface area contributed by atoms with Gasteiger partial charge in [-0.1, -0.05) is 274 Å². The van der Waals surface area contributed by atoms with Crippen molar-refractivity contribution in [2.24, 2.45) is 23.7 Å². The molecule has 86 heavy (non-hydrogen) atoms. The van der Waals surface area contributed by atoms with E-state index in [0.717, 1.165) is 108 Å². The van der Waals surface area contributed by atoms with Gasteiger partial charge < -0.3 is 33.8 Å². The number of esters is 4. The Bertz CT molecular complexity index is 1720. The summed E-state index contributed by atoms with van der Waals surface area (Å²) >= 11 is 0. The van der Waals surface area contributed by atoms with Crippen molar-refractivity contribution in [1.29, 1.82) is 0 Å². The van der Waals surface area contributed by atoms with E-state index < -0.39 is 97.5 Å². The van der Waals surface area contributed by atoms with Gasteiger partial charge in [-0.05, 0) is 49.4 Å². The minimum Gasteiger partial charge on any atom is -0.462 e. The molecule has 0 rings (SSSR count). The fourth-order valence-corrected chi connectivity index (χ4v) is 11.5. The maximum atomic E-state index is 13.0. The first-order valence-corrected chi connectivity index (χ1v) is 37.8. The number of hydrogen-bond acceptors (Lipinski definition) is 15. The maximum absolute atomic E-state index is 13.0. The minimum absolute atomic E-state index is 0.100. The van der Waals surface area contributed by atoms with Gasteiger partial charge in [0.25, 0.3) is 0 Å². The van der Waals surface area contributed by atoms with Gasteiger partial charge >= 0.3 is 39.5 Å². The minimum atomic E-state index is -4.95. The fourth-order valence-electron chi connectivity index (χ4n) is 9.89. The second-order valence-corrected chi connectivity index (χ2v) is 28.6. The van der Waals surface area contributed by atoms with Crippen LogP contribution >= 0.6 is 15.6 Å². The molecule has 3 N–H and O–H groups in total. The van der Waals surface area contributed by atoms with Gasteiger partial charge in [0.2, 0.25) is 0 Å². The summed E-state index contributed by atoms with van der Waals surface area (Å²) in [5, 5.41) is 10.6. The number of ether oxygens (including phenoxy) is 4. The molecule has 0 bridgehead atoms. The van der Waals surface area contributed by atoms with Crippen LogP contribution in [0.1, 0.15) is 325 Å². The van der Waals surface area contributed by atoms with Crippen LogP contribution in [-0.4, -0.2) is 96.7 Å². The van der Waals surface area contributed by atoms with Crippen molar-refractivity contribution in [3.63, 3.8) is 0 Å². The van der Waals surface area contributed by atoms with Gasteiger partial charge in [0, 0.05) is 25.7 Å². The topological polar surface area (TPSA) is 237 Å². The van der Waals surface area contributed by atoms with Crippen molar-refractivity contribution in [3.05, 3.63) is 0 Å². The second-order valence-electron chi connectivity index (χ2n) is 25.6. The second kappa shape index (κ2) is 57.0. The molecule has 0 aromatic carbocycles. The van der Waals surface area contributed by atoms with E-state index in [4.69, 9.17) is 37.0 Å². The molecule has 0 aliphatic rings. The van der Waals surface area contributed by atoms with Crippen LogP contribution in [0.3, 0.4) is 0 Å². The quantitative estimate of drug-likeness (QED) is 0.0222. The van der Waals surface area contributed by atoms with Crippen molar-refractivity contribution in [3.8, 4) is 0 Å². The summed E-state index contributed by atoms with van der Waals surface area (Å²) in [4.78, 5) is 72.3. The highest BCUT2D eigenvalue weighted by molar-refractivity contribution is 7.47. The van der Waals surface area contributed by atoms with Crippen molar-refractivity contribution >= 4 is 39.5 Å². The number of aliphatic hydroxyl groups excluding tert-OH is 1. The van der Waals surface area contributed by atoms with Crippen LogP contribution in [0.4, 0.5) is 0 Å². The molecule has 0 radical (unpaired) electrons. The zero-order chi connectivity index (χ0) is 63.9. The van der Waals surface area contributed by atoms with E-state index in [9.17, 15) is 43.2 Å². The van der Waals surface area contributed by atoms with Gasteiger partial charge in [-0.25, -0.2) is 9.13 Å². The van der Waals surface area contributed by atoms with Crippen LogP contribution < -0.4 is 0 Å². The summed E-state index contributed by atoms with van der Waals surface area (Å²) in [6.45, 7) is 14.0. The van der Waals surface area contributed by atoms with Gasteiger partial charge in [-0.2, -0.15) is 0 Å². The predicted octanol–water partition coefficient (Wildman–Crippen LogP) is 18.5. The smallest absolute Gasteiger partial charge is 0.462 e. The number of carbonyl (C=O) groups excluding carboxylic acids is 4. The highest BCUT2D eigenvalue weighted by Crippen LogP contribution is 2.45. The number of phosphoric acid groups is 2. The standard InChI is InChI=1S/C67H130O17P2/c1-9-59(7)45-37-29-19-15-11-13-17-21-31-39-47-64(69)77-53-62(83-66(71)49-41-33-22-18-14-12-16-20-30-38-46-60(8)10-2)55-81-85(73,74)79-51-61(68)52-80-86(75,76)82-56-63(84-67(72)50-42-34-26-24-28-36-44-58(5)6)54-78-65(70)48-40-32-25-23-27-35-43-57(3)4/h57-63,68H,9-56H2,1-8H3,(H,73,74)(H,75,76)/t59?,60?,61-,62-,63-/m1/s1. The van der Waals surface area contributed by atoms with Crippen molar-refractivity contribution in [2.45, 2.75) is 343 Å². The third-order valence-corrected chi connectivity index (χ3v) is 17.9. The maximum Gasteiger partial charge on any atom is 0.472 e. The van der Waals surface area contributed by atoms with E-state index >= 15 is 0 Å². The first kappa shape index (κ1) is 84.1. The molecular weight excluding hydrogens is 1140 g/mol. The van der Waals surface area contributed by atoms with Crippen LogP contribution in [-0.2, 0) is 65.4 Å². The van der Waals surface area contributed by atoms with Crippen LogP contribution in [0.25, 0.3) is 0 Å². The Hall–Kier alpha value is -1.94. The zero-order valence-corrected chi connectivity index (χ0v) is 57.7. The highest BCUT2D eigenvalue weighted by Gasteiger charge is 2.30. The SMILES string of the molecule is CCC(C)CCCCCCCCCCCCC(=O)OC[C@H](COP(=O)(O)OC[C@@H](O)COP(=O)(O)OC[C@@H](COC(=O)CCCCCCCCC(C)C)OC(=O)CCCCCCCCC(C)C)OC(=O)CCCCCCCCCCCCC(C)CC. The lowest BCUT2D eigenvalue weighted by atomic mass is 9.99. The molecule has 510 valence electrons. The van der Waals surface area contributed by atoms with Crippen LogP contribution in [0.5, 0.6) is 0 Å². The molecule has 0 saturated carbocycles. The van der Waals surface area contributed by atoms with Crippen molar-refractivity contribution in [1.82, 2.24) is 0 Å². The first-order valence-electron chi connectivity index (χ1n) is 34.8. The molecule has 4 unspecified atom stereocenters. The normalized spacial score (nSPS) is 15.0. The number of unbranched alkanes of at least 4 members (excludes halogenated alkanes) is 28. The number of aliphatic hydroxyl groups is 1. The van der Waals surface area contributed by atoms with E-state index in [1.165, 1.54) is 122 Å². The molecule has 7 atom stereocenters. The Kier molecular flexibility index (Phi) is 55.7. The van der Waals surface area contributed by atoms with Gasteiger partial charge in [0.1, 0.15) is 19.3 Å². The van der Waals surface area contributed by atoms with Crippen LogP contribution in [0, 0.1) is 23.7 Å². The lowest BCUT2D eigenvalue weighted by Gasteiger charge is -2.21. The van der Waals surface area contributed by atoms with E-state index in [0.29, 0.717) is 37.5 Å². The lowest BCUT2D eigenvalue weighted by molar-refractivity contribution is -0.161. The predicted molar refractivity (Wildman–Crippen MR) is 344 cm³/mol. The Morgan fingerprint density at radius 2 is 0.558 bits per heavy atom. The molecule has 0 aromatic heterocycles. The fraction of sp³-hybridized carbons (Fsp3) is 0.940. The summed E-state index contributed by atoms with van der Waals surface area (Å²) in [7, 11) is -9.89. The molecule has 17 nitrogen and oxygen atoms in total. The van der Waals surface area contributed by atoms with E-state index in [-0.39, 0.29) is 25.7 Å². The monoisotopic (exact) mass is 1270 g/mol. The average molecular weight is 1270 g/mol. The molecule has 19 heteroatoms. The Balaban J connectivity index is 5.25. The zero-order valence-electron chi connectivity index (χ0n) is 55.9. The summed E-state index contributed by atoms with van der Waals surface area (Å²) in [5.74, 6) is 0.822. The highest BCUT2D eigenvalue weighted by atomic mass is 31.2.